The lowest BCUT2D eigenvalue weighted by molar-refractivity contribution is -0.117. The fourth-order valence-corrected chi connectivity index (χ4v) is 1.93. The van der Waals surface area contributed by atoms with Gasteiger partial charge in [-0.2, -0.15) is 0 Å². The van der Waals surface area contributed by atoms with Gasteiger partial charge in [-0.25, -0.2) is 0 Å². The molecule has 0 radical (unpaired) electrons. The molecule has 0 heterocycles. The van der Waals surface area contributed by atoms with Crippen molar-refractivity contribution >= 4 is 24.0 Å². The molecule has 3 N–H and O–H groups in total. The summed E-state index contributed by atoms with van der Waals surface area (Å²) in [5, 5.41) is 2.90. The van der Waals surface area contributed by atoms with E-state index in [1.54, 1.807) is 0 Å². The molecule has 0 saturated carbocycles. The Hall–Kier alpha value is -1.26. The number of benzene rings is 1. The van der Waals surface area contributed by atoms with Gasteiger partial charge < -0.3 is 15.8 Å². The van der Waals surface area contributed by atoms with E-state index in [2.05, 4.69) is 19.2 Å². The molecule has 0 aliphatic rings. The fraction of sp³-hybridized carbons (Fsp3) is 0.533. The third kappa shape index (κ3) is 7.36. The summed E-state index contributed by atoms with van der Waals surface area (Å²) < 4.78 is 5.37. The van der Waals surface area contributed by atoms with Crippen molar-refractivity contribution in [2.75, 3.05) is 18.5 Å². The van der Waals surface area contributed by atoms with E-state index < -0.39 is 0 Å². The van der Waals surface area contributed by atoms with Gasteiger partial charge in [0.15, 0.2) is 0 Å². The number of hydrogen-bond acceptors (Lipinski definition) is 3. The zero-order chi connectivity index (χ0) is 14.1. The number of amides is 1. The van der Waals surface area contributed by atoms with Crippen LogP contribution >= 0.6 is 12.4 Å². The van der Waals surface area contributed by atoms with Crippen molar-refractivity contribution in [3.8, 4) is 5.75 Å². The van der Waals surface area contributed by atoms with Gasteiger partial charge >= 0.3 is 0 Å². The maximum Gasteiger partial charge on any atom is 0.224 e. The molecule has 4 nitrogen and oxygen atoms in total. The van der Waals surface area contributed by atoms with E-state index in [9.17, 15) is 4.79 Å². The zero-order valence-electron chi connectivity index (χ0n) is 12.2. The average molecular weight is 301 g/mol. The Morgan fingerprint density at radius 3 is 2.55 bits per heavy atom. The predicted octanol–water partition coefficient (Wildman–Crippen LogP) is 3.21. The molecule has 20 heavy (non-hydrogen) atoms. The molecule has 0 spiro atoms. The first-order chi connectivity index (χ1) is 9.15. The van der Waals surface area contributed by atoms with Crippen molar-refractivity contribution in [1.29, 1.82) is 0 Å². The van der Waals surface area contributed by atoms with Crippen LogP contribution in [0.1, 0.15) is 33.1 Å². The van der Waals surface area contributed by atoms with Crippen LogP contribution in [0.25, 0.3) is 0 Å². The van der Waals surface area contributed by atoms with Gasteiger partial charge in [0.2, 0.25) is 5.91 Å². The number of hydrogen-bond donors (Lipinski definition) is 2. The second-order valence-electron chi connectivity index (χ2n) is 4.81. The van der Waals surface area contributed by atoms with Crippen LogP contribution in [0, 0.1) is 5.92 Å². The standard InChI is InChI=1S/C15H24N2O2.ClH/c1-3-4-12(2)11-15(18)17-13-5-7-14(8-6-13)19-10-9-16;/h5-8,12H,3-4,9-11,16H2,1-2H3,(H,17,18);1H. The number of carbonyl (C=O) groups excluding carboxylic acids is 1. The molecule has 1 unspecified atom stereocenters. The van der Waals surface area contributed by atoms with E-state index in [1.165, 1.54) is 0 Å². The second-order valence-corrected chi connectivity index (χ2v) is 4.81. The van der Waals surface area contributed by atoms with Gasteiger partial charge in [0.25, 0.3) is 0 Å². The van der Waals surface area contributed by atoms with Crippen LogP contribution in [0.15, 0.2) is 24.3 Å². The molecule has 5 heteroatoms. The molecule has 0 aromatic heterocycles. The molecule has 1 aromatic carbocycles. The van der Waals surface area contributed by atoms with Crippen LogP contribution in [-0.4, -0.2) is 19.1 Å². The molecular weight excluding hydrogens is 276 g/mol. The Labute approximate surface area is 127 Å². The Bertz CT molecular complexity index is 382. The van der Waals surface area contributed by atoms with E-state index in [0.29, 0.717) is 25.5 Å². The maximum absolute atomic E-state index is 11.8. The van der Waals surface area contributed by atoms with Crippen LogP contribution in [0.4, 0.5) is 5.69 Å². The first-order valence-corrected chi connectivity index (χ1v) is 6.88. The van der Waals surface area contributed by atoms with E-state index in [1.807, 2.05) is 24.3 Å². The lowest BCUT2D eigenvalue weighted by Gasteiger charge is -2.11. The first kappa shape index (κ1) is 18.7. The molecule has 0 aliphatic carbocycles. The van der Waals surface area contributed by atoms with Gasteiger partial charge in [-0.1, -0.05) is 26.7 Å². The van der Waals surface area contributed by atoms with Crippen molar-refractivity contribution in [2.45, 2.75) is 33.1 Å². The minimum absolute atomic E-state index is 0. The maximum atomic E-state index is 11.8. The number of halogens is 1. The van der Waals surface area contributed by atoms with Gasteiger partial charge in [0.1, 0.15) is 12.4 Å². The molecule has 0 bridgehead atoms. The quantitative estimate of drug-likeness (QED) is 0.775. The third-order valence-electron chi connectivity index (χ3n) is 2.84. The molecule has 0 aliphatic heterocycles. The lowest BCUT2D eigenvalue weighted by atomic mass is 10.0. The Morgan fingerprint density at radius 2 is 2.00 bits per heavy atom. The molecule has 1 amide bonds. The van der Waals surface area contributed by atoms with Gasteiger partial charge in [0, 0.05) is 18.7 Å². The number of rotatable bonds is 8. The number of nitrogens with two attached hydrogens (primary N) is 1. The number of carbonyl (C=O) groups is 1. The Morgan fingerprint density at radius 1 is 1.35 bits per heavy atom. The molecule has 1 atom stereocenters. The SMILES string of the molecule is CCCC(C)CC(=O)Nc1ccc(OCCN)cc1.Cl. The monoisotopic (exact) mass is 300 g/mol. The zero-order valence-corrected chi connectivity index (χ0v) is 13.0. The van der Waals surface area contributed by atoms with Gasteiger partial charge in [-0.15, -0.1) is 12.4 Å². The topological polar surface area (TPSA) is 64.3 Å². The summed E-state index contributed by atoms with van der Waals surface area (Å²) >= 11 is 0. The van der Waals surface area contributed by atoms with Crippen molar-refractivity contribution in [3.05, 3.63) is 24.3 Å². The molecule has 0 fully saturated rings. The highest BCUT2D eigenvalue weighted by Gasteiger charge is 2.08. The summed E-state index contributed by atoms with van der Waals surface area (Å²) in [6, 6.07) is 7.35. The Balaban J connectivity index is 0.00000361. The lowest BCUT2D eigenvalue weighted by Crippen LogP contribution is -2.15. The summed E-state index contributed by atoms with van der Waals surface area (Å²) in [5.41, 5.74) is 6.16. The number of anilines is 1. The molecular formula is C15H25ClN2O2. The summed E-state index contributed by atoms with van der Waals surface area (Å²) in [6.07, 6.45) is 2.76. The molecule has 1 aromatic rings. The largest absolute Gasteiger partial charge is 0.492 e. The van der Waals surface area contributed by atoms with Crippen LogP contribution in [-0.2, 0) is 4.79 Å². The van der Waals surface area contributed by atoms with Gasteiger partial charge in [-0.3, -0.25) is 4.79 Å². The summed E-state index contributed by atoms with van der Waals surface area (Å²) in [6.45, 7) is 5.23. The predicted molar refractivity (Wildman–Crippen MR) is 85.6 cm³/mol. The van der Waals surface area contributed by atoms with E-state index in [0.717, 1.165) is 24.3 Å². The Kier molecular flexibility index (Phi) is 9.86. The highest BCUT2D eigenvalue weighted by molar-refractivity contribution is 5.90. The normalized spacial score (nSPS) is 11.3. The van der Waals surface area contributed by atoms with Crippen LogP contribution in [0.2, 0.25) is 0 Å². The van der Waals surface area contributed by atoms with Crippen molar-refractivity contribution in [3.63, 3.8) is 0 Å². The minimum atomic E-state index is 0. The summed E-state index contributed by atoms with van der Waals surface area (Å²) in [5.74, 6) is 1.26. The van der Waals surface area contributed by atoms with Crippen molar-refractivity contribution in [2.24, 2.45) is 11.7 Å². The summed E-state index contributed by atoms with van der Waals surface area (Å²) in [7, 11) is 0. The van der Waals surface area contributed by atoms with Gasteiger partial charge in [0.05, 0.1) is 0 Å². The van der Waals surface area contributed by atoms with Crippen LogP contribution in [0.5, 0.6) is 5.75 Å². The number of nitrogens with one attached hydrogen (secondary N) is 1. The second kappa shape index (κ2) is 10.5. The van der Waals surface area contributed by atoms with E-state index >= 15 is 0 Å². The van der Waals surface area contributed by atoms with E-state index in [-0.39, 0.29) is 18.3 Å². The summed E-state index contributed by atoms with van der Waals surface area (Å²) in [4.78, 5) is 11.8. The highest BCUT2D eigenvalue weighted by atomic mass is 35.5. The van der Waals surface area contributed by atoms with Crippen molar-refractivity contribution in [1.82, 2.24) is 0 Å². The van der Waals surface area contributed by atoms with E-state index in [4.69, 9.17) is 10.5 Å². The number of ether oxygens (including phenoxy) is 1. The van der Waals surface area contributed by atoms with Crippen LogP contribution < -0.4 is 15.8 Å². The smallest absolute Gasteiger partial charge is 0.224 e. The average Bonchev–Trinajstić information content (AvgIpc) is 2.38. The van der Waals surface area contributed by atoms with Gasteiger partial charge in [-0.05, 0) is 30.2 Å². The molecule has 0 saturated heterocycles. The highest BCUT2D eigenvalue weighted by Crippen LogP contribution is 2.17. The molecule has 1 rings (SSSR count). The van der Waals surface area contributed by atoms with Crippen LogP contribution in [0.3, 0.4) is 0 Å². The van der Waals surface area contributed by atoms with Crippen molar-refractivity contribution < 1.29 is 9.53 Å². The fourth-order valence-electron chi connectivity index (χ4n) is 1.93. The minimum Gasteiger partial charge on any atom is -0.492 e. The first-order valence-electron chi connectivity index (χ1n) is 6.88. The molecule has 114 valence electrons. The third-order valence-corrected chi connectivity index (χ3v) is 2.84.